The highest BCUT2D eigenvalue weighted by Gasteiger charge is 2.02. The Bertz CT molecular complexity index is 346. The molecule has 100 valence electrons. The molecule has 0 saturated heterocycles. The van der Waals surface area contributed by atoms with Gasteiger partial charge < -0.3 is 10.1 Å². The van der Waals surface area contributed by atoms with Crippen LogP contribution in [0.3, 0.4) is 0 Å². The van der Waals surface area contributed by atoms with Crippen molar-refractivity contribution in [2.24, 2.45) is 0 Å². The zero-order chi connectivity index (χ0) is 14.4. The van der Waals surface area contributed by atoms with Crippen LogP contribution < -0.4 is 5.32 Å². The number of nitrogens with zero attached hydrogens (tertiary/aromatic N) is 1. The second-order valence-electron chi connectivity index (χ2n) is 2.67. The molecule has 0 bridgehead atoms. The summed E-state index contributed by atoms with van der Waals surface area (Å²) in [5.41, 5.74) is 0.00685. The van der Waals surface area contributed by atoms with Gasteiger partial charge in [0.15, 0.2) is 0 Å². The molecular formula is C12H18N2O4. The van der Waals surface area contributed by atoms with Gasteiger partial charge in [0, 0.05) is 19.2 Å². The van der Waals surface area contributed by atoms with Crippen LogP contribution >= 0.6 is 0 Å². The van der Waals surface area contributed by atoms with Crippen LogP contribution in [0.4, 0.5) is 0 Å². The molecule has 0 rings (SSSR count). The van der Waals surface area contributed by atoms with E-state index in [0.717, 1.165) is 6.08 Å². The van der Waals surface area contributed by atoms with Gasteiger partial charge in [0.2, 0.25) is 0 Å². The maximum atomic E-state index is 10.2. The molecule has 0 heterocycles. The molecule has 1 N–H and O–H groups in total. The van der Waals surface area contributed by atoms with E-state index >= 15 is 0 Å². The molecule has 6 nitrogen and oxygen atoms in total. The number of hydrogen-bond donors (Lipinski definition) is 1. The minimum absolute atomic E-state index is 0.00685. The van der Waals surface area contributed by atoms with Gasteiger partial charge in [-0.2, -0.15) is 0 Å². The van der Waals surface area contributed by atoms with Crippen molar-refractivity contribution in [2.45, 2.75) is 6.92 Å². The zero-order valence-electron chi connectivity index (χ0n) is 10.6. The lowest BCUT2D eigenvalue weighted by Crippen LogP contribution is -2.02. The number of ether oxygens (including phenoxy) is 1. The van der Waals surface area contributed by atoms with E-state index in [1.54, 1.807) is 14.0 Å². The molecule has 18 heavy (non-hydrogen) atoms. The van der Waals surface area contributed by atoms with Crippen LogP contribution in [0.2, 0.25) is 0 Å². The van der Waals surface area contributed by atoms with Gasteiger partial charge >= 0.3 is 5.97 Å². The number of nitro groups is 1. The van der Waals surface area contributed by atoms with Gasteiger partial charge in [-0.05, 0) is 6.92 Å². The number of carbonyl (C=O) groups is 1. The molecule has 0 amide bonds. The fourth-order valence-electron chi connectivity index (χ4n) is 0.677. The highest BCUT2D eigenvalue weighted by Crippen LogP contribution is 1.95. The third kappa shape index (κ3) is 11.7. The Morgan fingerprint density at radius 3 is 2.39 bits per heavy atom. The molecule has 0 aromatic carbocycles. The molecule has 0 aromatic rings. The Kier molecular flexibility index (Phi) is 12.7. The Labute approximate surface area is 106 Å². The topological polar surface area (TPSA) is 81.5 Å². The number of esters is 1. The number of nitrogens with one attached hydrogen (secondary N) is 1. The first-order chi connectivity index (χ1) is 8.53. The number of hydrogen-bond acceptors (Lipinski definition) is 5. The van der Waals surface area contributed by atoms with Crippen LogP contribution in [0, 0.1) is 10.1 Å². The zero-order valence-corrected chi connectivity index (χ0v) is 10.6. The van der Waals surface area contributed by atoms with Crippen LogP contribution in [0.5, 0.6) is 0 Å². The molecule has 0 saturated carbocycles. The summed E-state index contributed by atoms with van der Waals surface area (Å²) >= 11 is 0. The predicted octanol–water partition coefficient (Wildman–Crippen LogP) is 1.80. The van der Waals surface area contributed by atoms with Gasteiger partial charge in [0.1, 0.15) is 0 Å². The van der Waals surface area contributed by atoms with Crippen molar-refractivity contribution in [3.63, 3.8) is 0 Å². The minimum atomic E-state index is -0.476. The molecule has 0 aliphatic rings. The lowest BCUT2D eigenvalue weighted by atomic mass is 10.4. The number of carbonyl (C=O) groups excluding carboxylic acids is 1. The third-order valence-corrected chi connectivity index (χ3v) is 1.36. The largest absolute Gasteiger partial charge is 0.463 e. The first-order valence-electron chi connectivity index (χ1n) is 5.13. The third-order valence-electron chi connectivity index (χ3n) is 1.36. The van der Waals surface area contributed by atoms with Crippen molar-refractivity contribution in [1.29, 1.82) is 0 Å². The summed E-state index contributed by atoms with van der Waals surface area (Å²) in [4.78, 5) is 19.8. The molecule has 0 atom stereocenters. The van der Waals surface area contributed by atoms with Gasteiger partial charge in [-0.3, -0.25) is 10.1 Å². The predicted molar refractivity (Wildman–Crippen MR) is 70.3 cm³/mol. The van der Waals surface area contributed by atoms with Crippen molar-refractivity contribution >= 4 is 5.97 Å². The molecular weight excluding hydrogens is 236 g/mol. The summed E-state index contributed by atoms with van der Waals surface area (Å²) in [5, 5.41) is 12.8. The quantitative estimate of drug-likeness (QED) is 0.257. The van der Waals surface area contributed by atoms with Crippen LogP contribution in [-0.2, 0) is 9.53 Å². The molecule has 0 unspecified atom stereocenters. The van der Waals surface area contributed by atoms with E-state index in [1.807, 2.05) is 0 Å². The highest BCUT2D eigenvalue weighted by molar-refractivity contribution is 5.81. The maximum absolute atomic E-state index is 10.2. The molecule has 0 fully saturated rings. The van der Waals surface area contributed by atoms with Crippen molar-refractivity contribution in [3.05, 3.63) is 59.5 Å². The highest BCUT2D eigenvalue weighted by atomic mass is 16.6. The Hall–Kier alpha value is -2.37. The summed E-state index contributed by atoms with van der Waals surface area (Å²) in [7, 11) is 1.60. The van der Waals surface area contributed by atoms with Crippen LogP contribution in [0.15, 0.2) is 49.4 Å². The Morgan fingerprint density at radius 1 is 1.50 bits per heavy atom. The minimum Gasteiger partial charge on any atom is -0.463 e. The van der Waals surface area contributed by atoms with E-state index in [9.17, 15) is 14.9 Å². The second kappa shape index (κ2) is 12.7. The first-order valence-corrected chi connectivity index (χ1v) is 5.13. The molecule has 6 heteroatoms. The Balaban J connectivity index is 0. The fraction of sp³-hybridized carbons (Fsp3) is 0.250. The molecule has 0 aliphatic carbocycles. The molecule has 0 aliphatic heterocycles. The van der Waals surface area contributed by atoms with E-state index < -0.39 is 4.92 Å². The van der Waals surface area contributed by atoms with Crippen molar-refractivity contribution in [1.82, 2.24) is 5.32 Å². The second-order valence-corrected chi connectivity index (χ2v) is 2.67. The normalized spacial score (nSPS) is 10.0. The maximum Gasteiger partial charge on any atom is 0.330 e. The number of allylic oxidation sites excluding steroid dienone is 3. The lowest BCUT2D eigenvalue weighted by Gasteiger charge is -1.90. The van der Waals surface area contributed by atoms with Crippen molar-refractivity contribution < 1.29 is 14.5 Å². The fourth-order valence-corrected chi connectivity index (χ4v) is 0.677. The first kappa shape index (κ1) is 18.0. The van der Waals surface area contributed by atoms with Gasteiger partial charge in [0.05, 0.1) is 17.7 Å². The van der Waals surface area contributed by atoms with Crippen LogP contribution in [0.1, 0.15) is 6.92 Å². The molecule has 0 aromatic heterocycles. The standard InChI is InChI=1S/C7H10N2O2.C5H8O2/c1-3-4-5-7(6-8-2)9(10)11;1-3-5(6)7-4-2/h3-6,8H,1H2,2H3;3H,1,4H2,2H3/b5-4+,7-6+;. The summed E-state index contributed by atoms with van der Waals surface area (Å²) in [6.07, 6.45) is 6.80. The van der Waals surface area contributed by atoms with Gasteiger partial charge in [0.25, 0.3) is 5.70 Å². The Morgan fingerprint density at radius 2 is 2.11 bits per heavy atom. The average molecular weight is 254 g/mol. The van der Waals surface area contributed by atoms with Gasteiger partial charge in [-0.1, -0.05) is 25.3 Å². The summed E-state index contributed by atoms with van der Waals surface area (Å²) in [5.74, 6) is -0.359. The van der Waals surface area contributed by atoms with E-state index in [1.165, 1.54) is 24.4 Å². The van der Waals surface area contributed by atoms with E-state index in [2.05, 4.69) is 23.2 Å². The van der Waals surface area contributed by atoms with Gasteiger partial charge in [-0.25, -0.2) is 4.79 Å². The summed E-state index contributed by atoms with van der Waals surface area (Å²) in [6, 6.07) is 0. The van der Waals surface area contributed by atoms with E-state index in [0.29, 0.717) is 6.61 Å². The molecule has 0 spiro atoms. The van der Waals surface area contributed by atoms with Crippen molar-refractivity contribution in [2.75, 3.05) is 13.7 Å². The van der Waals surface area contributed by atoms with Gasteiger partial charge in [-0.15, -0.1) is 0 Å². The summed E-state index contributed by atoms with van der Waals surface area (Å²) in [6.45, 7) is 8.77. The van der Waals surface area contributed by atoms with Crippen molar-refractivity contribution in [3.8, 4) is 0 Å². The van der Waals surface area contributed by atoms with E-state index in [4.69, 9.17) is 0 Å². The molecule has 0 radical (unpaired) electrons. The number of rotatable bonds is 6. The smallest absolute Gasteiger partial charge is 0.330 e. The monoisotopic (exact) mass is 254 g/mol. The van der Waals surface area contributed by atoms with E-state index in [-0.39, 0.29) is 11.7 Å². The summed E-state index contributed by atoms with van der Waals surface area (Å²) < 4.78 is 4.43. The van der Waals surface area contributed by atoms with Crippen LogP contribution in [0.25, 0.3) is 0 Å². The average Bonchev–Trinajstić information content (AvgIpc) is 2.35. The SMILES string of the molecule is C=C/C=C/C(=C\NC)[N+](=O)[O-].C=CC(=O)OCC. The van der Waals surface area contributed by atoms with Crippen LogP contribution in [-0.4, -0.2) is 24.5 Å². The lowest BCUT2D eigenvalue weighted by molar-refractivity contribution is -0.419.